The quantitative estimate of drug-likeness (QED) is 0.550. The van der Waals surface area contributed by atoms with Crippen LogP contribution in [-0.4, -0.2) is 44.3 Å². The number of carbonyl (C=O) groups is 2. The number of amides is 2. The number of piperidine rings is 1. The van der Waals surface area contributed by atoms with E-state index in [-0.39, 0.29) is 12.5 Å². The molecule has 1 aromatic carbocycles. The van der Waals surface area contributed by atoms with E-state index in [2.05, 4.69) is 18.0 Å². The maximum atomic E-state index is 14.9. The molecule has 2 amide bonds. The topological polar surface area (TPSA) is 86.9 Å². The van der Waals surface area contributed by atoms with Gasteiger partial charge >= 0.3 is 6.09 Å². The number of nitriles is 1. The third kappa shape index (κ3) is 4.86. The molecule has 2 saturated heterocycles. The Balaban J connectivity index is 1.67. The molecule has 0 bridgehead atoms. The molecule has 2 fully saturated rings. The Morgan fingerprint density at radius 1 is 1.47 bits per heavy atom. The lowest BCUT2D eigenvalue weighted by Gasteiger charge is -2.31. The number of hydrogen-bond acceptors (Lipinski definition) is 5. The van der Waals surface area contributed by atoms with Crippen LogP contribution in [0.25, 0.3) is 0 Å². The fourth-order valence-electron chi connectivity index (χ4n) is 3.87. The molecule has 0 radical (unpaired) electrons. The number of anilines is 1. The summed E-state index contributed by atoms with van der Waals surface area (Å²) in [5, 5.41) is 11.9. The molecule has 0 aliphatic carbocycles. The second kappa shape index (κ2) is 9.55. The van der Waals surface area contributed by atoms with E-state index < -0.39 is 18.0 Å². The van der Waals surface area contributed by atoms with Crippen molar-refractivity contribution < 1.29 is 23.6 Å². The van der Waals surface area contributed by atoms with Gasteiger partial charge in [0.25, 0.3) is 0 Å². The molecule has 0 spiro atoms. The molecule has 158 valence electrons. The fourth-order valence-corrected chi connectivity index (χ4v) is 3.87. The lowest BCUT2D eigenvalue weighted by Crippen LogP contribution is -3.08. The highest BCUT2D eigenvalue weighted by molar-refractivity contribution is 5.73. The Morgan fingerprint density at radius 2 is 2.20 bits per heavy atom. The molecule has 30 heavy (non-hydrogen) atoms. The summed E-state index contributed by atoms with van der Waals surface area (Å²) >= 11 is 0. The number of alkyl carbamates (subject to hydrolysis) is 1. The van der Waals surface area contributed by atoms with Crippen LogP contribution in [0.2, 0.25) is 0 Å². The zero-order chi connectivity index (χ0) is 21.7. The van der Waals surface area contributed by atoms with Crippen LogP contribution in [0, 0.1) is 17.1 Å². The number of hydrogen-bond donors (Lipinski definition) is 2. The standard InChI is InChI=1S/C22H25FN4O3/c1-3-4-17(12-24)16-7-9-26(10-8-16)21-6-5-18(11-20(21)23)27-14-19(30-22(27)29)13-25-15(2)28/h3,5-6,11,19H,1,4,7-10,13-14H2,2H3,(H,25,28)/p+1/t19-/m0/s1. The van der Waals surface area contributed by atoms with Crippen molar-refractivity contribution in [1.29, 1.82) is 5.26 Å². The summed E-state index contributed by atoms with van der Waals surface area (Å²) in [7, 11) is 0. The zero-order valence-corrected chi connectivity index (χ0v) is 17.0. The molecule has 1 unspecified atom stereocenters. The smallest absolute Gasteiger partial charge is 0.409 e. The summed E-state index contributed by atoms with van der Waals surface area (Å²) < 4.78 is 20.1. The van der Waals surface area contributed by atoms with Crippen LogP contribution in [-0.2, 0) is 9.53 Å². The molecule has 8 heteroatoms. The van der Waals surface area contributed by atoms with Gasteiger partial charge in [0.15, 0.2) is 11.9 Å². The van der Waals surface area contributed by atoms with Crippen LogP contribution in [0.1, 0.15) is 26.2 Å². The van der Waals surface area contributed by atoms with E-state index in [0.717, 1.165) is 11.1 Å². The van der Waals surface area contributed by atoms with Crippen LogP contribution in [0.3, 0.4) is 0 Å². The summed E-state index contributed by atoms with van der Waals surface area (Å²) in [6.07, 6.45) is 2.81. The number of ether oxygens (including phenoxy) is 1. The maximum Gasteiger partial charge on any atom is 0.520 e. The summed E-state index contributed by atoms with van der Waals surface area (Å²) in [5.41, 5.74) is 2.86. The predicted octanol–water partition coefficient (Wildman–Crippen LogP) is 1.99. The number of halogens is 1. The first-order valence-corrected chi connectivity index (χ1v) is 10.0. The first kappa shape index (κ1) is 21.5. The molecule has 2 heterocycles. The van der Waals surface area contributed by atoms with Crippen LogP contribution >= 0.6 is 0 Å². The molecule has 3 rings (SSSR count). The lowest BCUT2D eigenvalue weighted by molar-refractivity contribution is -0.734. The first-order valence-electron chi connectivity index (χ1n) is 10.0. The highest BCUT2D eigenvalue weighted by atomic mass is 19.1. The van der Waals surface area contributed by atoms with Gasteiger partial charge in [-0.3, -0.25) is 4.79 Å². The van der Waals surface area contributed by atoms with Gasteiger partial charge in [-0.2, -0.15) is 15.0 Å². The number of nitrogens with zero attached hydrogens (tertiary/aromatic N) is 2. The van der Waals surface area contributed by atoms with Crippen molar-refractivity contribution in [3.05, 3.63) is 47.8 Å². The molecule has 2 atom stereocenters. The van der Waals surface area contributed by atoms with Crippen molar-refractivity contribution in [3.8, 4) is 6.07 Å². The molecular formula is C22H26FN4O3+. The minimum Gasteiger partial charge on any atom is -0.409 e. The molecule has 0 aromatic heterocycles. The molecule has 7 nitrogen and oxygen atoms in total. The Labute approximate surface area is 175 Å². The summed E-state index contributed by atoms with van der Waals surface area (Å²) in [6, 6.07) is 7.04. The third-order valence-electron chi connectivity index (χ3n) is 5.44. The predicted molar refractivity (Wildman–Crippen MR) is 110 cm³/mol. The monoisotopic (exact) mass is 413 g/mol. The zero-order valence-electron chi connectivity index (χ0n) is 17.0. The molecule has 2 aliphatic heterocycles. The minimum absolute atomic E-state index is 0.194. The van der Waals surface area contributed by atoms with E-state index in [1.165, 1.54) is 13.0 Å². The number of nitrogens with one attached hydrogen (secondary N) is 2. The van der Waals surface area contributed by atoms with Crippen LogP contribution in [0.5, 0.6) is 0 Å². The SMILES string of the molecule is C=CCC(C#N)=C1CCN(c2ccc([NH+]3C[C@H](CNC(C)=O)OC3=O)cc2F)CC1. The largest absolute Gasteiger partial charge is 0.520 e. The van der Waals surface area contributed by atoms with E-state index in [9.17, 15) is 19.2 Å². The van der Waals surface area contributed by atoms with Crippen LogP contribution in [0.4, 0.5) is 20.6 Å². The maximum absolute atomic E-state index is 14.9. The fraction of sp³-hybridized carbons (Fsp3) is 0.409. The molecule has 0 saturated carbocycles. The lowest BCUT2D eigenvalue weighted by atomic mass is 9.96. The van der Waals surface area contributed by atoms with E-state index in [4.69, 9.17) is 4.74 Å². The summed E-state index contributed by atoms with van der Waals surface area (Å²) in [5.74, 6) is -0.585. The average molecular weight is 413 g/mol. The first-order chi connectivity index (χ1) is 14.4. The number of allylic oxidation sites excluding steroid dienone is 2. The Hall–Kier alpha value is -3.18. The van der Waals surface area contributed by atoms with E-state index in [1.807, 2.05) is 4.90 Å². The van der Waals surface area contributed by atoms with Crippen molar-refractivity contribution in [2.24, 2.45) is 0 Å². The Kier molecular flexibility index (Phi) is 6.85. The van der Waals surface area contributed by atoms with Gasteiger partial charge < -0.3 is 15.0 Å². The van der Waals surface area contributed by atoms with E-state index >= 15 is 0 Å². The molecule has 2 N–H and O–H groups in total. The van der Waals surface area contributed by atoms with Crippen LogP contribution in [0.15, 0.2) is 42.0 Å². The van der Waals surface area contributed by atoms with Gasteiger partial charge in [-0.15, -0.1) is 6.58 Å². The van der Waals surface area contributed by atoms with E-state index in [0.29, 0.717) is 55.2 Å². The van der Waals surface area contributed by atoms with Crippen molar-refractivity contribution in [1.82, 2.24) is 5.32 Å². The van der Waals surface area contributed by atoms with Gasteiger partial charge in [0, 0.05) is 44.1 Å². The molecule has 1 aromatic rings. The van der Waals surface area contributed by atoms with E-state index in [1.54, 1.807) is 18.2 Å². The van der Waals surface area contributed by atoms with Crippen molar-refractivity contribution in [2.45, 2.75) is 32.3 Å². The number of cyclic esters (lactones) is 1. The van der Waals surface area contributed by atoms with Gasteiger partial charge in [0.2, 0.25) is 5.91 Å². The number of benzene rings is 1. The highest BCUT2D eigenvalue weighted by Gasteiger charge is 2.39. The summed E-state index contributed by atoms with van der Waals surface area (Å²) in [4.78, 5) is 25.6. The average Bonchev–Trinajstić information content (AvgIpc) is 3.11. The Bertz CT molecular complexity index is 911. The van der Waals surface area contributed by atoms with Crippen molar-refractivity contribution in [3.63, 3.8) is 0 Å². The highest BCUT2D eigenvalue weighted by Crippen LogP contribution is 2.28. The second-order valence-electron chi connectivity index (χ2n) is 7.49. The molecule has 2 aliphatic rings. The van der Waals surface area contributed by atoms with Gasteiger partial charge in [-0.05, 0) is 18.9 Å². The van der Waals surface area contributed by atoms with Gasteiger partial charge in [0.05, 0.1) is 18.3 Å². The number of carbonyl (C=O) groups excluding carboxylic acids is 2. The number of rotatable bonds is 6. The van der Waals surface area contributed by atoms with Crippen molar-refractivity contribution in [2.75, 3.05) is 31.1 Å². The third-order valence-corrected chi connectivity index (χ3v) is 5.44. The van der Waals surface area contributed by atoms with Gasteiger partial charge in [-0.1, -0.05) is 11.6 Å². The minimum atomic E-state index is -0.475. The summed E-state index contributed by atoms with van der Waals surface area (Å²) in [6.45, 7) is 6.92. The normalized spacial score (nSPS) is 21.0. The second-order valence-corrected chi connectivity index (χ2v) is 7.49. The number of quaternary nitrogens is 1. The van der Waals surface area contributed by atoms with Crippen molar-refractivity contribution >= 4 is 23.4 Å². The Morgan fingerprint density at radius 3 is 2.80 bits per heavy atom. The molecular weight excluding hydrogens is 387 g/mol. The van der Waals surface area contributed by atoms with Crippen LogP contribution < -0.4 is 15.1 Å². The van der Waals surface area contributed by atoms with Gasteiger partial charge in [-0.25, -0.2) is 4.39 Å². The van der Waals surface area contributed by atoms with Gasteiger partial charge in [0.1, 0.15) is 12.2 Å².